The van der Waals surface area contributed by atoms with Crippen molar-refractivity contribution < 1.29 is 30.0 Å². The van der Waals surface area contributed by atoms with Gasteiger partial charge in [0.25, 0.3) is 5.91 Å². The molecule has 9 heteroatoms. The van der Waals surface area contributed by atoms with E-state index < -0.39 is 42.0 Å². The van der Waals surface area contributed by atoms with Crippen LogP contribution in [0.4, 0.5) is 0 Å². The number of nitrogens with one attached hydrogen (secondary N) is 2. The smallest absolute Gasteiger partial charge is 0.251 e. The first-order chi connectivity index (χ1) is 16.0. The standard InChI is InChI=1S/C24H28N2O6S/c27-13-18-19(28)20(29)21(30)23(32-18)33-24-25-17(12-15-9-5-2-6-10-15)16(22(31)26-24)11-14-7-3-1-4-8-14/h1-10,18-21,23-25,27-30H,11-13H2,(H,26,31)/t18-,19+,20+,21-,23+,24?/m1/s1. The van der Waals surface area contributed by atoms with Crippen molar-refractivity contribution in [3.05, 3.63) is 83.1 Å². The third-order valence-corrected chi connectivity index (χ3v) is 6.94. The highest BCUT2D eigenvalue weighted by atomic mass is 32.2. The van der Waals surface area contributed by atoms with Crippen LogP contribution in [-0.2, 0) is 22.4 Å². The number of hydrogen-bond donors (Lipinski definition) is 6. The van der Waals surface area contributed by atoms with Crippen LogP contribution in [0, 0.1) is 0 Å². The predicted octanol–water partition coefficient (Wildman–Crippen LogP) is 0.262. The molecule has 0 aliphatic carbocycles. The zero-order valence-electron chi connectivity index (χ0n) is 17.9. The van der Waals surface area contributed by atoms with Gasteiger partial charge in [0.2, 0.25) is 0 Å². The molecule has 1 saturated heterocycles. The maximum atomic E-state index is 13.1. The fourth-order valence-electron chi connectivity index (χ4n) is 3.95. The topological polar surface area (TPSA) is 131 Å². The van der Waals surface area contributed by atoms with Crippen LogP contribution in [0.2, 0.25) is 0 Å². The average molecular weight is 473 g/mol. The minimum Gasteiger partial charge on any atom is -0.394 e. The average Bonchev–Trinajstić information content (AvgIpc) is 2.83. The summed E-state index contributed by atoms with van der Waals surface area (Å²) >= 11 is 1.07. The van der Waals surface area contributed by atoms with E-state index in [-0.39, 0.29) is 5.91 Å². The van der Waals surface area contributed by atoms with Crippen molar-refractivity contribution in [3.63, 3.8) is 0 Å². The molecule has 33 heavy (non-hydrogen) atoms. The second kappa shape index (κ2) is 10.7. The number of carbonyl (C=O) groups excluding carboxylic acids is 1. The molecule has 176 valence electrons. The van der Waals surface area contributed by atoms with Gasteiger partial charge in [-0.25, -0.2) is 0 Å². The van der Waals surface area contributed by atoms with E-state index in [0.29, 0.717) is 18.4 Å². The van der Waals surface area contributed by atoms with Crippen LogP contribution >= 0.6 is 11.8 Å². The molecule has 1 amide bonds. The highest BCUT2D eigenvalue weighted by Gasteiger charge is 2.45. The summed E-state index contributed by atoms with van der Waals surface area (Å²) in [5.74, 6) is -0.231. The van der Waals surface area contributed by atoms with Crippen LogP contribution < -0.4 is 10.6 Å². The minimum atomic E-state index is -1.47. The Bertz CT molecular complexity index is 971. The number of benzene rings is 2. The summed E-state index contributed by atoms with van der Waals surface area (Å²) in [4.78, 5) is 13.1. The molecule has 2 aromatic rings. The Hall–Kier alpha value is -2.40. The lowest BCUT2D eigenvalue weighted by molar-refractivity contribution is -0.205. The van der Waals surface area contributed by atoms with Crippen molar-refractivity contribution in [2.45, 2.75) is 48.2 Å². The van der Waals surface area contributed by atoms with E-state index in [0.717, 1.165) is 28.6 Å². The zero-order chi connectivity index (χ0) is 23.4. The van der Waals surface area contributed by atoms with Crippen molar-refractivity contribution in [1.82, 2.24) is 10.6 Å². The van der Waals surface area contributed by atoms with Crippen molar-refractivity contribution in [3.8, 4) is 0 Å². The lowest BCUT2D eigenvalue weighted by atomic mass is 9.98. The Labute approximate surface area is 196 Å². The van der Waals surface area contributed by atoms with Gasteiger partial charge in [0.1, 0.15) is 35.3 Å². The number of aliphatic hydroxyl groups is 4. The highest BCUT2D eigenvalue weighted by Crippen LogP contribution is 2.32. The number of carbonyl (C=O) groups is 1. The molecular formula is C24H28N2O6S. The van der Waals surface area contributed by atoms with Gasteiger partial charge in [0, 0.05) is 24.1 Å². The number of amides is 1. The number of aliphatic hydroxyl groups excluding tert-OH is 4. The third-order valence-electron chi connectivity index (χ3n) is 5.77. The highest BCUT2D eigenvalue weighted by molar-refractivity contribution is 8.00. The Morgan fingerprint density at radius 1 is 0.818 bits per heavy atom. The third kappa shape index (κ3) is 5.57. The molecule has 1 unspecified atom stereocenters. The molecule has 2 aliphatic rings. The molecule has 4 rings (SSSR count). The summed E-state index contributed by atoms with van der Waals surface area (Å²) in [5.41, 5.74) is 1.82. The van der Waals surface area contributed by atoms with Gasteiger partial charge in [-0.1, -0.05) is 72.4 Å². The summed E-state index contributed by atoms with van der Waals surface area (Å²) < 4.78 is 5.59. The van der Waals surface area contributed by atoms with Crippen LogP contribution in [0.5, 0.6) is 0 Å². The van der Waals surface area contributed by atoms with E-state index in [1.165, 1.54) is 0 Å². The van der Waals surface area contributed by atoms with Gasteiger partial charge in [-0.3, -0.25) is 4.79 Å². The second-order valence-electron chi connectivity index (χ2n) is 8.11. The number of hydrogen-bond acceptors (Lipinski definition) is 8. The van der Waals surface area contributed by atoms with E-state index in [1.54, 1.807) is 0 Å². The van der Waals surface area contributed by atoms with Crippen LogP contribution in [0.15, 0.2) is 71.9 Å². The number of rotatable bonds is 7. The molecule has 0 radical (unpaired) electrons. The lowest BCUT2D eigenvalue weighted by Gasteiger charge is -2.41. The summed E-state index contributed by atoms with van der Waals surface area (Å²) in [6.07, 6.45) is -4.32. The van der Waals surface area contributed by atoms with Gasteiger partial charge < -0.3 is 35.8 Å². The molecule has 6 N–H and O–H groups in total. The molecule has 0 aromatic heterocycles. The lowest BCUT2D eigenvalue weighted by Crippen LogP contribution is -2.59. The number of thioether (sulfide) groups is 1. The molecular weight excluding hydrogens is 444 g/mol. The van der Waals surface area contributed by atoms with Crippen LogP contribution in [0.3, 0.4) is 0 Å². The summed E-state index contributed by atoms with van der Waals surface area (Å²) in [7, 11) is 0. The maximum Gasteiger partial charge on any atom is 0.251 e. The predicted molar refractivity (Wildman–Crippen MR) is 124 cm³/mol. The summed E-state index contributed by atoms with van der Waals surface area (Å²) in [5, 5.41) is 46.1. The van der Waals surface area contributed by atoms with Gasteiger partial charge in [-0.05, 0) is 11.1 Å². The first kappa shape index (κ1) is 23.7. The summed E-state index contributed by atoms with van der Waals surface area (Å²) in [6.45, 7) is -0.507. The largest absolute Gasteiger partial charge is 0.394 e. The molecule has 0 saturated carbocycles. The molecule has 8 nitrogen and oxygen atoms in total. The first-order valence-corrected chi connectivity index (χ1v) is 11.7. The van der Waals surface area contributed by atoms with Gasteiger partial charge in [-0.2, -0.15) is 0 Å². The molecule has 2 aromatic carbocycles. The van der Waals surface area contributed by atoms with Crippen molar-refractivity contribution in [2.24, 2.45) is 0 Å². The van der Waals surface area contributed by atoms with Crippen molar-refractivity contribution >= 4 is 17.7 Å². The van der Waals surface area contributed by atoms with E-state index in [9.17, 15) is 25.2 Å². The molecule has 0 spiro atoms. The van der Waals surface area contributed by atoms with Gasteiger partial charge in [0.15, 0.2) is 0 Å². The van der Waals surface area contributed by atoms with E-state index >= 15 is 0 Å². The second-order valence-corrected chi connectivity index (χ2v) is 9.32. The molecule has 0 bridgehead atoms. The van der Waals surface area contributed by atoms with E-state index in [4.69, 9.17) is 4.74 Å². The molecule has 6 atom stereocenters. The van der Waals surface area contributed by atoms with Crippen molar-refractivity contribution in [1.29, 1.82) is 0 Å². The molecule has 1 fully saturated rings. The fourth-order valence-corrected chi connectivity index (χ4v) is 5.13. The van der Waals surface area contributed by atoms with Gasteiger partial charge in [0.05, 0.1) is 6.61 Å². The van der Waals surface area contributed by atoms with Crippen LogP contribution in [0.1, 0.15) is 11.1 Å². The monoisotopic (exact) mass is 472 g/mol. The van der Waals surface area contributed by atoms with Crippen LogP contribution in [-0.4, -0.2) is 68.3 Å². The quantitative estimate of drug-likeness (QED) is 0.338. The van der Waals surface area contributed by atoms with E-state index in [2.05, 4.69) is 10.6 Å². The SMILES string of the molecule is O=C1NC(S[C@@H]2O[C@H](CO)[C@H](O)[C@H](O)[C@H]2O)NC(Cc2ccccc2)=C1Cc1ccccc1. The van der Waals surface area contributed by atoms with Crippen LogP contribution in [0.25, 0.3) is 0 Å². The Morgan fingerprint density at radius 2 is 1.42 bits per heavy atom. The Balaban J connectivity index is 1.55. The van der Waals surface area contributed by atoms with Crippen molar-refractivity contribution in [2.75, 3.05) is 6.61 Å². The maximum absolute atomic E-state index is 13.1. The van der Waals surface area contributed by atoms with E-state index in [1.807, 2.05) is 60.7 Å². The number of allylic oxidation sites excluding steroid dienone is 1. The minimum absolute atomic E-state index is 0.231. The fraction of sp³-hybridized carbons (Fsp3) is 0.375. The normalized spacial score (nSPS) is 30.0. The van der Waals surface area contributed by atoms with Gasteiger partial charge >= 0.3 is 0 Å². The Kier molecular flexibility index (Phi) is 7.69. The first-order valence-electron chi connectivity index (χ1n) is 10.8. The number of ether oxygens (including phenoxy) is 1. The van der Waals surface area contributed by atoms with Gasteiger partial charge in [-0.15, -0.1) is 0 Å². The zero-order valence-corrected chi connectivity index (χ0v) is 18.7. The molecule has 2 aliphatic heterocycles. The Morgan fingerprint density at radius 3 is 2.03 bits per heavy atom. The summed E-state index contributed by atoms with van der Waals surface area (Å²) in [6, 6.07) is 19.5. The molecule has 2 heterocycles.